The second-order valence-electron chi connectivity index (χ2n) is 6.43. The maximum Gasteiger partial charge on any atom is 0.244 e. The number of hydrogen-bond donors (Lipinski definition) is 1. The predicted octanol–water partition coefficient (Wildman–Crippen LogP) is 3.21. The Bertz CT molecular complexity index is 807. The van der Waals surface area contributed by atoms with Crippen molar-refractivity contribution >= 4 is 35.0 Å². The Labute approximate surface area is 158 Å². The molecule has 2 amide bonds. The standard InChI is InChI=1S/C20H23N3O2S/c1-14(22(2)12-15-8-10-16(26-3)11-9-15)20(25)23-13-19(24)21-17-6-4-5-7-18(17)23/h4-11,14H,12-13H2,1-3H3,(H,21,24)/t14-/m1/s1. The van der Waals surface area contributed by atoms with E-state index in [1.807, 2.05) is 43.1 Å². The molecule has 0 aromatic heterocycles. The molecule has 0 saturated carbocycles. The summed E-state index contributed by atoms with van der Waals surface area (Å²) in [5.41, 5.74) is 2.59. The van der Waals surface area contributed by atoms with E-state index in [1.165, 1.54) is 4.90 Å². The van der Waals surface area contributed by atoms with Gasteiger partial charge in [-0.1, -0.05) is 24.3 Å². The highest BCUT2D eigenvalue weighted by Gasteiger charge is 2.31. The van der Waals surface area contributed by atoms with Gasteiger partial charge in [-0.25, -0.2) is 0 Å². The number of carbonyl (C=O) groups excluding carboxylic acids is 2. The van der Waals surface area contributed by atoms with Crippen LogP contribution in [0.25, 0.3) is 0 Å². The molecule has 136 valence electrons. The third-order valence-electron chi connectivity index (χ3n) is 4.65. The summed E-state index contributed by atoms with van der Waals surface area (Å²) in [6.07, 6.45) is 2.05. The zero-order valence-electron chi connectivity index (χ0n) is 15.2. The minimum absolute atomic E-state index is 0.0520. The number of nitrogens with one attached hydrogen (secondary N) is 1. The summed E-state index contributed by atoms with van der Waals surface area (Å²) in [7, 11) is 1.93. The lowest BCUT2D eigenvalue weighted by molar-refractivity contribution is -0.125. The van der Waals surface area contributed by atoms with Gasteiger partial charge in [-0.05, 0) is 50.1 Å². The maximum atomic E-state index is 13.0. The fourth-order valence-corrected chi connectivity index (χ4v) is 3.41. The lowest BCUT2D eigenvalue weighted by atomic mass is 10.1. The van der Waals surface area contributed by atoms with Gasteiger partial charge in [-0.15, -0.1) is 11.8 Å². The molecule has 1 atom stereocenters. The molecular formula is C20H23N3O2S. The molecule has 0 unspecified atom stereocenters. The van der Waals surface area contributed by atoms with Crippen LogP contribution in [0.4, 0.5) is 11.4 Å². The Morgan fingerprint density at radius 3 is 2.62 bits per heavy atom. The van der Waals surface area contributed by atoms with Crippen molar-refractivity contribution in [2.24, 2.45) is 0 Å². The monoisotopic (exact) mass is 369 g/mol. The minimum atomic E-state index is -0.339. The van der Waals surface area contributed by atoms with Crippen LogP contribution in [0.2, 0.25) is 0 Å². The number of thioether (sulfide) groups is 1. The number of para-hydroxylation sites is 2. The van der Waals surface area contributed by atoms with Crippen molar-refractivity contribution in [2.45, 2.75) is 24.4 Å². The van der Waals surface area contributed by atoms with Gasteiger partial charge in [0, 0.05) is 11.4 Å². The van der Waals surface area contributed by atoms with Crippen molar-refractivity contribution in [1.82, 2.24) is 4.90 Å². The van der Waals surface area contributed by atoms with E-state index in [0.717, 1.165) is 11.3 Å². The molecule has 2 aromatic rings. The van der Waals surface area contributed by atoms with Crippen LogP contribution in [-0.2, 0) is 16.1 Å². The molecule has 0 saturated heterocycles. The number of anilines is 2. The van der Waals surface area contributed by atoms with Crippen molar-refractivity contribution in [3.8, 4) is 0 Å². The number of rotatable bonds is 5. The SMILES string of the molecule is CSc1ccc(CN(C)[C@H](C)C(=O)N2CC(=O)Nc3ccccc32)cc1. The maximum absolute atomic E-state index is 13.0. The molecule has 0 bridgehead atoms. The van der Waals surface area contributed by atoms with E-state index in [2.05, 4.69) is 35.8 Å². The zero-order chi connectivity index (χ0) is 18.7. The minimum Gasteiger partial charge on any atom is -0.323 e. The van der Waals surface area contributed by atoms with Gasteiger partial charge in [0.25, 0.3) is 0 Å². The van der Waals surface area contributed by atoms with E-state index < -0.39 is 0 Å². The van der Waals surface area contributed by atoms with Crippen molar-refractivity contribution in [3.05, 3.63) is 54.1 Å². The topological polar surface area (TPSA) is 52.7 Å². The predicted molar refractivity (Wildman–Crippen MR) is 107 cm³/mol. The smallest absolute Gasteiger partial charge is 0.244 e. The van der Waals surface area contributed by atoms with Crippen LogP contribution in [-0.4, -0.2) is 42.6 Å². The lowest BCUT2D eigenvalue weighted by Crippen LogP contribution is -2.50. The second-order valence-corrected chi connectivity index (χ2v) is 7.31. The Balaban J connectivity index is 1.73. The second kappa shape index (κ2) is 7.93. The highest BCUT2D eigenvalue weighted by molar-refractivity contribution is 7.98. The quantitative estimate of drug-likeness (QED) is 0.823. The molecule has 5 nitrogen and oxygen atoms in total. The van der Waals surface area contributed by atoms with Crippen molar-refractivity contribution < 1.29 is 9.59 Å². The molecule has 1 N–H and O–H groups in total. The highest BCUT2D eigenvalue weighted by Crippen LogP contribution is 2.29. The van der Waals surface area contributed by atoms with Crippen LogP contribution in [0.15, 0.2) is 53.4 Å². The van der Waals surface area contributed by atoms with Crippen LogP contribution in [0.3, 0.4) is 0 Å². The number of nitrogens with zero attached hydrogens (tertiary/aromatic N) is 2. The molecule has 0 radical (unpaired) electrons. The lowest BCUT2D eigenvalue weighted by Gasteiger charge is -2.33. The molecule has 26 heavy (non-hydrogen) atoms. The van der Waals surface area contributed by atoms with Crippen molar-refractivity contribution in [2.75, 3.05) is 30.1 Å². The van der Waals surface area contributed by atoms with E-state index in [9.17, 15) is 9.59 Å². The molecule has 1 aliphatic rings. The summed E-state index contributed by atoms with van der Waals surface area (Å²) in [6.45, 7) is 2.60. The number of likely N-dealkylation sites (N-methyl/N-ethyl adjacent to an activating group) is 1. The van der Waals surface area contributed by atoms with Gasteiger partial charge in [0.1, 0.15) is 6.54 Å². The average Bonchev–Trinajstić information content (AvgIpc) is 2.66. The van der Waals surface area contributed by atoms with Crippen molar-refractivity contribution in [1.29, 1.82) is 0 Å². The normalized spacial score (nSPS) is 14.8. The summed E-state index contributed by atoms with van der Waals surface area (Å²) in [4.78, 5) is 29.8. The first-order valence-electron chi connectivity index (χ1n) is 8.53. The van der Waals surface area contributed by atoms with Crippen molar-refractivity contribution in [3.63, 3.8) is 0 Å². The fourth-order valence-electron chi connectivity index (χ4n) is 3.00. The van der Waals surface area contributed by atoms with E-state index in [0.29, 0.717) is 12.2 Å². The number of carbonyl (C=O) groups is 2. The van der Waals surface area contributed by atoms with E-state index in [-0.39, 0.29) is 24.4 Å². The summed E-state index contributed by atoms with van der Waals surface area (Å²) in [5, 5.41) is 2.82. The summed E-state index contributed by atoms with van der Waals surface area (Å²) in [5.74, 6) is -0.241. The van der Waals surface area contributed by atoms with E-state index in [1.54, 1.807) is 16.7 Å². The van der Waals surface area contributed by atoms with Gasteiger partial charge < -0.3 is 5.32 Å². The van der Waals surface area contributed by atoms with Gasteiger partial charge in [0.15, 0.2) is 0 Å². The third-order valence-corrected chi connectivity index (χ3v) is 5.39. The molecule has 1 aliphatic heterocycles. The molecule has 6 heteroatoms. The van der Waals surface area contributed by atoms with Gasteiger partial charge in [-0.3, -0.25) is 19.4 Å². The van der Waals surface area contributed by atoms with Gasteiger partial charge >= 0.3 is 0 Å². The summed E-state index contributed by atoms with van der Waals surface area (Å²) < 4.78 is 0. The first-order valence-corrected chi connectivity index (χ1v) is 9.75. The Hall–Kier alpha value is -2.31. The van der Waals surface area contributed by atoms with Crippen LogP contribution >= 0.6 is 11.8 Å². The summed E-state index contributed by atoms with van der Waals surface area (Å²) in [6, 6.07) is 15.4. The number of amides is 2. The Kier molecular flexibility index (Phi) is 5.64. The molecule has 1 heterocycles. The van der Waals surface area contributed by atoms with Crippen LogP contribution in [0.1, 0.15) is 12.5 Å². The van der Waals surface area contributed by atoms with Crippen LogP contribution in [0.5, 0.6) is 0 Å². The van der Waals surface area contributed by atoms with Crippen LogP contribution in [0, 0.1) is 0 Å². The van der Waals surface area contributed by atoms with Crippen LogP contribution < -0.4 is 10.2 Å². The largest absolute Gasteiger partial charge is 0.323 e. The third kappa shape index (κ3) is 3.92. The average molecular weight is 369 g/mol. The first-order chi connectivity index (χ1) is 12.5. The number of benzene rings is 2. The zero-order valence-corrected chi connectivity index (χ0v) is 16.0. The fraction of sp³-hybridized carbons (Fsp3) is 0.300. The van der Waals surface area contributed by atoms with E-state index in [4.69, 9.17) is 0 Å². The van der Waals surface area contributed by atoms with Gasteiger partial charge in [0.05, 0.1) is 17.4 Å². The highest BCUT2D eigenvalue weighted by atomic mass is 32.2. The molecule has 2 aromatic carbocycles. The molecule has 0 aliphatic carbocycles. The van der Waals surface area contributed by atoms with Gasteiger partial charge in [-0.2, -0.15) is 0 Å². The Morgan fingerprint density at radius 2 is 1.92 bits per heavy atom. The number of fused-ring (bicyclic) bond motifs is 1. The number of hydrogen-bond acceptors (Lipinski definition) is 4. The molecule has 3 rings (SSSR count). The summed E-state index contributed by atoms with van der Waals surface area (Å²) >= 11 is 1.71. The molecular weight excluding hydrogens is 346 g/mol. The molecule has 0 fully saturated rings. The van der Waals surface area contributed by atoms with E-state index >= 15 is 0 Å². The first kappa shape index (κ1) is 18.5. The Morgan fingerprint density at radius 1 is 1.23 bits per heavy atom. The van der Waals surface area contributed by atoms with Gasteiger partial charge in [0.2, 0.25) is 11.8 Å². The molecule has 0 spiro atoms.